The highest BCUT2D eigenvalue weighted by molar-refractivity contribution is 5.78. The zero-order valence-corrected chi connectivity index (χ0v) is 10.5. The average molecular weight is 296 g/mol. The molecule has 0 saturated heterocycles. The van der Waals surface area contributed by atoms with E-state index in [1.54, 1.807) is 5.32 Å². The number of carbonyl (C=O) groups excluding carboxylic acids is 1. The van der Waals surface area contributed by atoms with Crippen LogP contribution < -0.4 is 10.6 Å². The Morgan fingerprint density at radius 1 is 1.30 bits per heavy atom. The van der Waals surface area contributed by atoms with Gasteiger partial charge in [-0.1, -0.05) is 12.1 Å². The van der Waals surface area contributed by atoms with Crippen LogP contribution in [0, 0.1) is 11.6 Å². The van der Waals surface area contributed by atoms with Gasteiger partial charge in [-0.2, -0.15) is 13.2 Å². The van der Waals surface area contributed by atoms with Gasteiger partial charge in [-0.15, -0.1) is 0 Å². The van der Waals surface area contributed by atoms with Crippen LogP contribution in [0.2, 0.25) is 0 Å². The summed E-state index contributed by atoms with van der Waals surface area (Å²) in [6, 6.07) is 2.85. The fourth-order valence-corrected chi connectivity index (χ4v) is 1.47. The molecule has 1 aromatic rings. The summed E-state index contributed by atoms with van der Waals surface area (Å²) in [5.41, 5.74) is -0.00591. The Bertz CT molecular complexity index is 475. The van der Waals surface area contributed by atoms with Gasteiger partial charge >= 0.3 is 6.18 Å². The number of rotatable bonds is 5. The van der Waals surface area contributed by atoms with Crippen LogP contribution in [-0.4, -0.2) is 25.2 Å². The Labute approximate surface area is 112 Å². The van der Waals surface area contributed by atoms with Gasteiger partial charge < -0.3 is 10.6 Å². The second kappa shape index (κ2) is 6.65. The zero-order valence-electron chi connectivity index (χ0n) is 10.5. The van der Waals surface area contributed by atoms with Crippen LogP contribution in [0.15, 0.2) is 18.2 Å². The molecule has 0 aliphatic carbocycles. The van der Waals surface area contributed by atoms with E-state index in [0.717, 1.165) is 6.07 Å². The van der Waals surface area contributed by atoms with Crippen molar-refractivity contribution in [1.82, 2.24) is 10.6 Å². The lowest BCUT2D eigenvalue weighted by molar-refractivity contribution is -0.137. The highest BCUT2D eigenvalue weighted by Crippen LogP contribution is 2.18. The molecule has 1 atom stereocenters. The third kappa shape index (κ3) is 5.12. The molecular weight excluding hydrogens is 283 g/mol. The van der Waals surface area contributed by atoms with Crippen LogP contribution in [0.4, 0.5) is 22.0 Å². The summed E-state index contributed by atoms with van der Waals surface area (Å²) in [6.07, 6.45) is -4.49. The van der Waals surface area contributed by atoms with Gasteiger partial charge in [-0.05, 0) is 13.0 Å². The van der Waals surface area contributed by atoms with Gasteiger partial charge in [0.15, 0.2) is 11.6 Å². The third-order valence-electron chi connectivity index (χ3n) is 2.50. The highest BCUT2D eigenvalue weighted by Gasteiger charge is 2.27. The Kier molecular flexibility index (Phi) is 5.43. The minimum atomic E-state index is -4.49. The van der Waals surface area contributed by atoms with E-state index in [0.29, 0.717) is 0 Å². The van der Waals surface area contributed by atoms with E-state index in [1.165, 1.54) is 19.1 Å². The van der Waals surface area contributed by atoms with Crippen molar-refractivity contribution in [3.05, 3.63) is 35.4 Å². The molecule has 0 aliphatic heterocycles. The Morgan fingerprint density at radius 2 is 1.95 bits per heavy atom. The Morgan fingerprint density at radius 3 is 2.55 bits per heavy atom. The van der Waals surface area contributed by atoms with Gasteiger partial charge in [0.2, 0.25) is 5.91 Å². The maximum absolute atomic E-state index is 13.4. The molecule has 0 bridgehead atoms. The monoisotopic (exact) mass is 296 g/mol. The summed E-state index contributed by atoms with van der Waals surface area (Å²) in [6.45, 7) is -0.404. The van der Waals surface area contributed by atoms with Crippen LogP contribution in [0.25, 0.3) is 0 Å². The fourth-order valence-electron chi connectivity index (χ4n) is 1.47. The van der Waals surface area contributed by atoms with Crippen molar-refractivity contribution in [3.63, 3.8) is 0 Å². The summed E-state index contributed by atoms with van der Waals surface area (Å²) in [4.78, 5) is 11.1. The minimum Gasteiger partial charge on any atom is -0.346 e. The average Bonchev–Trinajstić information content (AvgIpc) is 2.36. The first-order chi connectivity index (χ1) is 9.20. The summed E-state index contributed by atoms with van der Waals surface area (Å²) in [5, 5.41) is 4.18. The maximum atomic E-state index is 13.4. The standard InChI is InChI=1S/C12H13F5N2O/c1-7(8-3-2-4-9(13)11(8)14)18-5-10(20)19-6-12(15,16)17/h2-4,7,18H,5-6H2,1H3,(H,19,20). The maximum Gasteiger partial charge on any atom is 0.405 e. The predicted molar refractivity (Wildman–Crippen MR) is 61.8 cm³/mol. The molecular formula is C12H13F5N2O. The topological polar surface area (TPSA) is 41.1 Å². The van der Waals surface area contributed by atoms with Crippen LogP contribution in [0.1, 0.15) is 18.5 Å². The molecule has 1 unspecified atom stereocenters. The minimum absolute atomic E-state index is 0.00591. The lowest BCUT2D eigenvalue weighted by atomic mass is 10.1. The van der Waals surface area contributed by atoms with Crippen molar-refractivity contribution in [3.8, 4) is 0 Å². The predicted octanol–water partition coefficient (Wildman–Crippen LogP) is 2.29. The van der Waals surface area contributed by atoms with E-state index in [9.17, 15) is 26.7 Å². The lowest BCUT2D eigenvalue weighted by Gasteiger charge is -2.15. The molecule has 112 valence electrons. The van der Waals surface area contributed by atoms with Crippen molar-refractivity contribution in [2.75, 3.05) is 13.1 Å². The number of halogens is 5. The molecule has 1 aromatic carbocycles. The lowest BCUT2D eigenvalue weighted by Crippen LogP contribution is -2.39. The third-order valence-corrected chi connectivity index (χ3v) is 2.50. The first-order valence-electron chi connectivity index (χ1n) is 5.71. The smallest absolute Gasteiger partial charge is 0.346 e. The van der Waals surface area contributed by atoms with Crippen molar-refractivity contribution in [2.24, 2.45) is 0 Å². The summed E-state index contributed by atoms with van der Waals surface area (Å²) in [7, 11) is 0. The molecule has 0 fully saturated rings. The molecule has 1 amide bonds. The van der Waals surface area contributed by atoms with Gasteiger partial charge in [-0.25, -0.2) is 8.78 Å². The summed E-state index contributed by atoms with van der Waals surface area (Å²) >= 11 is 0. The highest BCUT2D eigenvalue weighted by atomic mass is 19.4. The van der Waals surface area contributed by atoms with Gasteiger partial charge in [0.05, 0.1) is 6.54 Å². The van der Waals surface area contributed by atoms with E-state index in [1.807, 2.05) is 0 Å². The van der Waals surface area contributed by atoms with E-state index >= 15 is 0 Å². The van der Waals surface area contributed by atoms with Crippen molar-refractivity contribution in [1.29, 1.82) is 0 Å². The SMILES string of the molecule is CC(NCC(=O)NCC(F)(F)F)c1cccc(F)c1F. The second-order valence-electron chi connectivity index (χ2n) is 4.14. The molecule has 3 nitrogen and oxygen atoms in total. The van der Waals surface area contributed by atoms with Crippen LogP contribution in [-0.2, 0) is 4.79 Å². The summed E-state index contributed by atoms with van der Waals surface area (Å²) in [5.74, 6) is -2.97. The first kappa shape index (κ1) is 16.4. The molecule has 20 heavy (non-hydrogen) atoms. The second-order valence-corrected chi connectivity index (χ2v) is 4.14. The number of nitrogens with one attached hydrogen (secondary N) is 2. The van der Waals surface area contributed by atoms with E-state index in [4.69, 9.17) is 0 Å². The van der Waals surface area contributed by atoms with Crippen molar-refractivity contribution in [2.45, 2.75) is 19.1 Å². The van der Waals surface area contributed by atoms with Crippen molar-refractivity contribution < 1.29 is 26.7 Å². The molecule has 1 rings (SSSR count). The fraction of sp³-hybridized carbons (Fsp3) is 0.417. The molecule has 0 heterocycles. The van der Waals surface area contributed by atoms with Crippen LogP contribution >= 0.6 is 0 Å². The molecule has 0 spiro atoms. The largest absolute Gasteiger partial charge is 0.405 e. The molecule has 0 aromatic heterocycles. The first-order valence-corrected chi connectivity index (χ1v) is 5.71. The van der Waals surface area contributed by atoms with Crippen LogP contribution in [0.3, 0.4) is 0 Å². The summed E-state index contributed by atoms with van der Waals surface area (Å²) < 4.78 is 62.0. The quantitative estimate of drug-likeness (QED) is 0.819. The number of hydrogen-bond acceptors (Lipinski definition) is 2. The Balaban J connectivity index is 2.49. The van der Waals surface area contributed by atoms with Crippen molar-refractivity contribution >= 4 is 5.91 Å². The molecule has 0 saturated carbocycles. The van der Waals surface area contributed by atoms with Gasteiger partial charge in [0.1, 0.15) is 6.54 Å². The Hall–Kier alpha value is -1.70. The zero-order chi connectivity index (χ0) is 15.3. The van der Waals surface area contributed by atoms with Gasteiger partial charge in [0.25, 0.3) is 0 Å². The van der Waals surface area contributed by atoms with Gasteiger partial charge in [-0.3, -0.25) is 4.79 Å². The number of hydrogen-bond donors (Lipinski definition) is 2. The number of alkyl halides is 3. The van der Waals surface area contributed by atoms with Crippen LogP contribution in [0.5, 0.6) is 0 Å². The number of amides is 1. The van der Waals surface area contributed by atoms with Gasteiger partial charge in [0, 0.05) is 11.6 Å². The molecule has 8 heteroatoms. The van der Waals surface area contributed by atoms with E-state index in [-0.39, 0.29) is 5.56 Å². The van der Waals surface area contributed by atoms with E-state index < -0.39 is 42.8 Å². The molecule has 0 radical (unpaired) electrons. The normalized spacial score (nSPS) is 13.1. The molecule has 2 N–H and O–H groups in total. The van der Waals surface area contributed by atoms with E-state index in [2.05, 4.69) is 5.32 Å². The number of carbonyl (C=O) groups is 1. The number of benzene rings is 1. The molecule has 0 aliphatic rings.